The minimum Gasteiger partial charge on any atom is -0.425 e. The summed E-state index contributed by atoms with van der Waals surface area (Å²) >= 11 is 0. The number of benzene rings is 1. The lowest BCUT2D eigenvalue weighted by Crippen LogP contribution is -2.37. The second-order valence-corrected chi connectivity index (χ2v) is 4.58. The van der Waals surface area contributed by atoms with Gasteiger partial charge in [0.15, 0.2) is 0 Å². The second-order valence-electron chi connectivity index (χ2n) is 4.11. The van der Waals surface area contributed by atoms with Crippen LogP contribution in [0.25, 0.3) is 0 Å². The van der Waals surface area contributed by atoms with Crippen molar-refractivity contribution in [1.29, 1.82) is 0 Å². The summed E-state index contributed by atoms with van der Waals surface area (Å²) in [6.45, 7) is -0.170. The molecule has 0 amide bonds. The van der Waals surface area contributed by atoms with Gasteiger partial charge in [-0.05, 0) is 12.8 Å². The highest BCUT2D eigenvalue weighted by atomic mass is 28.2. The molecule has 1 fully saturated rings. The molecule has 0 heterocycles. The van der Waals surface area contributed by atoms with E-state index in [2.05, 4.69) is 0 Å². The van der Waals surface area contributed by atoms with E-state index in [1.54, 1.807) is 0 Å². The molecule has 1 saturated carbocycles. The molecule has 0 unspecified atom stereocenters. The molecular weight excluding hydrogens is 249 g/mol. The van der Waals surface area contributed by atoms with Gasteiger partial charge in [-0.25, -0.2) is 13.2 Å². The van der Waals surface area contributed by atoms with Crippen molar-refractivity contribution >= 4 is 10.5 Å². The summed E-state index contributed by atoms with van der Waals surface area (Å²) in [4.78, 5) is 0. The molecule has 0 aliphatic heterocycles. The van der Waals surface area contributed by atoms with Gasteiger partial charge in [0.25, 0.3) is 0 Å². The van der Waals surface area contributed by atoms with Crippen LogP contribution >= 0.6 is 0 Å². The molecule has 94 valence electrons. The van der Waals surface area contributed by atoms with Crippen LogP contribution in [0.3, 0.4) is 0 Å². The molecule has 1 aliphatic rings. The third-order valence-corrected chi connectivity index (χ3v) is 3.62. The molecule has 0 bridgehead atoms. The zero-order chi connectivity index (χ0) is 12.4. The Balaban J connectivity index is 1.91. The molecule has 0 saturated heterocycles. The molecule has 2 rings (SSSR count). The predicted octanol–water partition coefficient (Wildman–Crippen LogP) is 1.45. The van der Waals surface area contributed by atoms with Crippen LogP contribution in [0.1, 0.15) is 18.4 Å². The minimum atomic E-state index is -0.920. The van der Waals surface area contributed by atoms with Crippen LogP contribution in [0.4, 0.5) is 13.2 Å². The monoisotopic (exact) mass is 262 g/mol. The molecule has 0 atom stereocenters. The molecule has 0 N–H and O–H groups in total. The number of rotatable bonds is 4. The van der Waals surface area contributed by atoms with E-state index in [1.807, 2.05) is 0 Å². The Bertz CT molecular complexity index is 385. The van der Waals surface area contributed by atoms with Crippen molar-refractivity contribution in [3.05, 3.63) is 35.1 Å². The summed E-state index contributed by atoms with van der Waals surface area (Å²) in [7, 11) is 0.684. The van der Waals surface area contributed by atoms with Gasteiger partial charge in [-0.3, -0.25) is 0 Å². The van der Waals surface area contributed by atoms with Gasteiger partial charge in [-0.1, -0.05) is 0 Å². The molecular formula is C11H13F3O2Si. The molecule has 17 heavy (non-hydrogen) atoms. The second kappa shape index (κ2) is 5.20. The van der Waals surface area contributed by atoms with Crippen molar-refractivity contribution in [2.45, 2.75) is 31.7 Å². The molecule has 6 heteroatoms. The van der Waals surface area contributed by atoms with Crippen molar-refractivity contribution in [1.82, 2.24) is 0 Å². The lowest BCUT2D eigenvalue weighted by molar-refractivity contribution is -0.0678. The summed E-state index contributed by atoms with van der Waals surface area (Å²) in [5.41, 5.74) is -0.221. The van der Waals surface area contributed by atoms with Crippen molar-refractivity contribution in [2.75, 3.05) is 0 Å². The highest BCUT2D eigenvalue weighted by molar-refractivity contribution is 5.98. The largest absolute Gasteiger partial charge is 0.425 e. The van der Waals surface area contributed by atoms with Crippen LogP contribution in [-0.4, -0.2) is 22.7 Å². The normalized spacial score (nSPS) is 23.7. The Labute approximate surface area is 100 Å². The smallest absolute Gasteiger partial charge is 0.146 e. The molecule has 0 radical (unpaired) electrons. The topological polar surface area (TPSA) is 18.5 Å². The number of halogens is 3. The van der Waals surface area contributed by atoms with Crippen molar-refractivity contribution in [3.8, 4) is 0 Å². The van der Waals surface area contributed by atoms with E-state index in [1.165, 1.54) is 0 Å². The maximum atomic E-state index is 13.2. The van der Waals surface area contributed by atoms with Crippen LogP contribution in [0.15, 0.2) is 12.1 Å². The van der Waals surface area contributed by atoms with Crippen LogP contribution < -0.4 is 0 Å². The Morgan fingerprint density at radius 3 is 2.24 bits per heavy atom. The Kier molecular flexibility index (Phi) is 3.85. The van der Waals surface area contributed by atoms with Gasteiger partial charge in [0.2, 0.25) is 0 Å². The standard InChI is InChI=1S/C11H13F3O2Si/c12-6-1-10(13)9(11(14)2-6)5-15-7-3-8(4-7)16-17/h1-2,7-8H,3-5H2,17H3/t7-,8+. The lowest BCUT2D eigenvalue weighted by Gasteiger charge is -2.34. The first-order valence-corrected chi connectivity index (χ1v) is 6.19. The van der Waals surface area contributed by atoms with Gasteiger partial charge in [0, 0.05) is 23.8 Å². The van der Waals surface area contributed by atoms with Crippen molar-refractivity contribution in [3.63, 3.8) is 0 Å². The highest BCUT2D eigenvalue weighted by Crippen LogP contribution is 2.27. The summed E-state index contributed by atoms with van der Waals surface area (Å²) in [5, 5.41) is 0. The number of ether oxygens (including phenoxy) is 1. The maximum Gasteiger partial charge on any atom is 0.146 e. The molecule has 0 spiro atoms. The number of hydrogen-bond donors (Lipinski definition) is 0. The molecule has 1 aromatic rings. The zero-order valence-electron chi connectivity index (χ0n) is 9.38. The fraction of sp³-hybridized carbons (Fsp3) is 0.455. The van der Waals surface area contributed by atoms with Gasteiger partial charge >= 0.3 is 0 Å². The van der Waals surface area contributed by atoms with E-state index in [0.29, 0.717) is 22.6 Å². The van der Waals surface area contributed by atoms with Gasteiger partial charge in [0.05, 0.1) is 12.7 Å². The van der Waals surface area contributed by atoms with Gasteiger partial charge in [0.1, 0.15) is 27.9 Å². The van der Waals surface area contributed by atoms with Crippen LogP contribution in [-0.2, 0) is 15.8 Å². The van der Waals surface area contributed by atoms with E-state index in [0.717, 1.165) is 12.8 Å². The van der Waals surface area contributed by atoms with Crippen molar-refractivity contribution < 1.29 is 22.3 Å². The van der Waals surface area contributed by atoms with E-state index in [4.69, 9.17) is 9.16 Å². The minimum absolute atomic E-state index is 0.0159. The summed E-state index contributed by atoms with van der Waals surface area (Å²) < 4.78 is 49.7. The molecule has 2 nitrogen and oxygen atoms in total. The van der Waals surface area contributed by atoms with Crippen molar-refractivity contribution in [2.24, 2.45) is 0 Å². The molecule has 1 aromatic carbocycles. The quantitative estimate of drug-likeness (QED) is 0.765. The van der Waals surface area contributed by atoms with Crippen LogP contribution in [0, 0.1) is 17.5 Å². The average Bonchev–Trinajstić information content (AvgIpc) is 2.18. The van der Waals surface area contributed by atoms with Gasteiger partial charge < -0.3 is 9.16 Å². The van der Waals surface area contributed by atoms with E-state index in [-0.39, 0.29) is 24.4 Å². The predicted molar refractivity (Wildman–Crippen MR) is 58.9 cm³/mol. The van der Waals surface area contributed by atoms with Crippen LogP contribution in [0.2, 0.25) is 0 Å². The first-order valence-electron chi connectivity index (χ1n) is 5.38. The number of hydrogen-bond acceptors (Lipinski definition) is 2. The SMILES string of the molecule is Fc1cc(F)c(CO[C@H]2C[C@@H](O[SiH3])C2)c(F)c1. The van der Waals surface area contributed by atoms with E-state index >= 15 is 0 Å². The van der Waals surface area contributed by atoms with Gasteiger partial charge in [-0.15, -0.1) is 0 Å². The van der Waals surface area contributed by atoms with E-state index in [9.17, 15) is 13.2 Å². The third kappa shape index (κ3) is 2.88. The Morgan fingerprint density at radius 2 is 1.71 bits per heavy atom. The Hall–Kier alpha value is -0.853. The fourth-order valence-corrected chi connectivity index (χ4v) is 2.14. The maximum absolute atomic E-state index is 13.2. The molecule has 0 aromatic heterocycles. The summed E-state index contributed by atoms with van der Waals surface area (Å²) in [5.74, 6) is -2.73. The zero-order valence-corrected chi connectivity index (χ0v) is 11.4. The third-order valence-electron chi connectivity index (χ3n) is 2.95. The average molecular weight is 262 g/mol. The summed E-state index contributed by atoms with van der Waals surface area (Å²) in [6.07, 6.45) is 1.73. The molecule has 1 aliphatic carbocycles. The first-order chi connectivity index (χ1) is 8.10. The summed E-state index contributed by atoms with van der Waals surface area (Å²) in [6, 6.07) is 1.32. The lowest BCUT2D eigenvalue weighted by atomic mass is 9.92. The van der Waals surface area contributed by atoms with Crippen LogP contribution in [0.5, 0.6) is 0 Å². The first kappa shape index (κ1) is 12.6. The highest BCUT2D eigenvalue weighted by Gasteiger charge is 2.29. The fourth-order valence-electron chi connectivity index (χ4n) is 1.76. The Morgan fingerprint density at radius 1 is 1.12 bits per heavy atom. The van der Waals surface area contributed by atoms with E-state index < -0.39 is 17.5 Å². The van der Waals surface area contributed by atoms with Gasteiger partial charge in [-0.2, -0.15) is 0 Å².